The summed E-state index contributed by atoms with van der Waals surface area (Å²) in [4.78, 5) is 11.4. The third-order valence-corrected chi connectivity index (χ3v) is 3.75. The Morgan fingerprint density at radius 1 is 1.29 bits per heavy atom. The van der Waals surface area contributed by atoms with E-state index in [1.54, 1.807) is 0 Å². The number of hydrogen-bond donors (Lipinski definition) is 3. The molecule has 1 aromatic rings. The Morgan fingerprint density at radius 2 is 2.21 bits per heavy atom. The number of thioether (sulfide) groups is 1. The molecule has 74 valence electrons. The quantitative estimate of drug-likeness (QED) is 0.588. The van der Waals surface area contributed by atoms with E-state index in [0.29, 0.717) is 6.54 Å². The second kappa shape index (κ2) is 2.95. The fraction of sp³-hybridized carbons (Fsp3) is 0.444. The largest absolute Gasteiger partial charge is 0.384 e. The number of aromatic amines is 2. The van der Waals surface area contributed by atoms with Crippen LogP contribution in [0.1, 0.15) is 17.7 Å². The molecule has 5 heteroatoms. The highest BCUT2D eigenvalue weighted by Crippen LogP contribution is 2.32. The molecule has 0 radical (unpaired) electrons. The number of aromatic nitrogens is 2. The minimum Gasteiger partial charge on any atom is -0.384 e. The van der Waals surface area contributed by atoms with E-state index in [1.165, 1.54) is 17.0 Å². The standard InChI is InChI=1S/C9H11N3OS/c13-9-5-3-10-7-1-2-14-4-6(7)8(5)11-12-9/h10H,1-4H2,(H2,11,12,13). The van der Waals surface area contributed by atoms with Gasteiger partial charge in [0.05, 0.1) is 11.3 Å². The minimum atomic E-state index is 0.00891. The number of allylic oxidation sites excluding steroid dienone is 1. The van der Waals surface area contributed by atoms with E-state index in [2.05, 4.69) is 15.5 Å². The molecule has 1 aromatic heterocycles. The molecule has 2 aliphatic rings. The summed E-state index contributed by atoms with van der Waals surface area (Å²) in [7, 11) is 0. The summed E-state index contributed by atoms with van der Waals surface area (Å²) in [6.07, 6.45) is 1.09. The normalized spacial score (nSPS) is 20.0. The Morgan fingerprint density at radius 3 is 3.14 bits per heavy atom. The molecule has 0 saturated heterocycles. The Hall–Kier alpha value is -1.10. The summed E-state index contributed by atoms with van der Waals surface area (Å²) in [5.74, 6) is 2.18. The molecule has 0 amide bonds. The molecule has 3 N–H and O–H groups in total. The van der Waals surface area contributed by atoms with Crippen LogP contribution in [0.4, 0.5) is 0 Å². The molecule has 3 rings (SSSR count). The first kappa shape index (κ1) is 8.23. The zero-order chi connectivity index (χ0) is 9.54. The van der Waals surface area contributed by atoms with E-state index in [9.17, 15) is 4.79 Å². The second-order valence-corrected chi connectivity index (χ2v) is 4.65. The van der Waals surface area contributed by atoms with Crippen LogP contribution in [0.3, 0.4) is 0 Å². The zero-order valence-corrected chi connectivity index (χ0v) is 8.46. The summed E-state index contributed by atoms with van der Waals surface area (Å²) in [5.41, 5.74) is 4.48. The van der Waals surface area contributed by atoms with Crippen molar-refractivity contribution in [3.63, 3.8) is 0 Å². The van der Waals surface area contributed by atoms with Gasteiger partial charge in [-0.1, -0.05) is 0 Å². The van der Waals surface area contributed by atoms with E-state index < -0.39 is 0 Å². The van der Waals surface area contributed by atoms with Gasteiger partial charge in [0, 0.05) is 23.6 Å². The van der Waals surface area contributed by atoms with E-state index in [-0.39, 0.29) is 5.56 Å². The van der Waals surface area contributed by atoms with Crippen molar-refractivity contribution in [2.45, 2.75) is 13.0 Å². The average molecular weight is 209 g/mol. The lowest BCUT2D eigenvalue weighted by Crippen LogP contribution is -2.26. The highest BCUT2D eigenvalue weighted by Gasteiger charge is 2.24. The van der Waals surface area contributed by atoms with Crippen molar-refractivity contribution >= 4 is 17.3 Å². The SMILES string of the molecule is O=c1[nH][nH]c2c1CNC1=C2CSCC1. The highest BCUT2D eigenvalue weighted by molar-refractivity contribution is 7.99. The molecule has 2 aliphatic heterocycles. The van der Waals surface area contributed by atoms with Crippen LogP contribution in [0.2, 0.25) is 0 Å². The summed E-state index contributed by atoms with van der Waals surface area (Å²) >= 11 is 1.92. The smallest absolute Gasteiger partial charge is 0.269 e. The Kier molecular flexibility index (Phi) is 1.73. The van der Waals surface area contributed by atoms with Crippen LogP contribution in [0, 0.1) is 0 Å². The van der Waals surface area contributed by atoms with Crippen molar-refractivity contribution in [2.75, 3.05) is 11.5 Å². The third-order valence-electron chi connectivity index (χ3n) is 2.76. The Balaban J connectivity index is 2.18. The molecule has 14 heavy (non-hydrogen) atoms. The molecule has 0 spiro atoms. The maximum atomic E-state index is 11.4. The number of hydrogen-bond acceptors (Lipinski definition) is 3. The zero-order valence-electron chi connectivity index (χ0n) is 7.64. The van der Waals surface area contributed by atoms with Gasteiger partial charge in [0.25, 0.3) is 5.56 Å². The van der Waals surface area contributed by atoms with Crippen LogP contribution < -0.4 is 10.9 Å². The number of nitrogens with one attached hydrogen (secondary N) is 3. The van der Waals surface area contributed by atoms with Gasteiger partial charge in [0.2, 0.25) is 0 Å². The van der Waals surface area contributed by atoms with Crippen LogP contribution in [-0.2, 0) is 6.54 Å². The van der Waals surface area contributed by atoms with Crippen LogP contribution in [-0.4, -0.2) is 21.7 Å². The third kappa shape index (κ3) is 1.05. The molecule has 0 aliphatic carbocycles. The van der Waals surface area contributed by atoms with Crippen molar-refractivity contribution in [3.05, 3.63) is 27.3 Å². The van der Waals surface area contributed by atoms with Crippen LogP contribution in [0.15, 0.2) is 10.5 Å². The molecular weight excluding hydrogens is 198 g/mol. The fourth-order valence-electron chi connectivity index (χ4n) is 2.01. The van der Waals surface area contributed by atoms with Gasteiger partial charge in [-0.2, -0.15) is 11.8 Å². The molecule has 0 fully saturated rings. The lowest BCUT2D eigenvalue weighted by atomic mass is 10.0. The summed E-state index contributed by atoms with van der Waals surface area (Å²) < 4.78 is 0. The molecule has 4 nitrogen and oxygen atoms in total. The van der Waals surface area contributed by atoms with Crippen molar-refractivity contribution in [1.82, 2.24) is 15.5 Å². The maximum Gasteiger partial charge on any atom is 0.269 e. The highest BCUT2D eigenvalue weighted by atomic mass is 32.2. The monoisotopic (exact) mass is 209 g/mol. The number of rotatable bonds is 0. The maximum absolute atomic E-state index is 11.4. The van der Waals surface area contributed by atoms with Gasteiger partial charge in [0.1, 0.15) is 0 Å². The van der Waals surface area contributed by atoms with Gasteiger partial charge in [-0.3, -0.25) is 15.0 Å². The van der Waals surface area contributed by atoms with E-state index in [1.807, 2.05) is 11.8 Å². The average Bonchev–Trinajstić information content (AvgIpc) is 2.61. The molecule has 0 bridgehead atoms. The first-order valence-corrected chi connectivity index (χ1v) is 5.85. The van der Waals surface area contributed by atoms with Crippen molar-refractivity contribution < 1.29 is 0 Å². The van der Waals surface area contributed by atoms with Gasteiger partial charge in [-0.15, -0.1) is 0 Å². The molecule has 0 unspecified atom stereocenters. The van der Waals surface area contributed by atoms with Gasteiger partial charge in [-0.25, -0.2) is 0 Å². The summed E-state index contributed by atoms with van der Waals surface area (Å²) in [6, 6.07) is 0. The van der Waals surface area contributed by atoms with Gasteiger partial charge in [0.15, 0.2) is 0 Å². The van der Waals surface area contributed by atoms with Gasteiger partial charge < -0.3 is 5.32 Å². The number of H-pyrrole nitrogens is 2. The summed E-state index contributed by atoms with van der Waals surface area (Å²) in [6.45, 7) is 0.664. The molecule has 0 saturated carbocycles. The molecule has 0 aromatic carbocycles. The van der Waals surface area contributed by atoms with Gasteiger partial charge in [-0.05, 0) is 12.2 Å². The molecular formula is C9H11N3OS. The Bertz CT molecular complexity index is 457. The molecule has 0 atom stereocenters. The van der Waals surface area contributed by atoms with Crippen LogP contribution in [0.5, 0.6) is 0 Å². The van der Waals surface area contributed by atoms with Crippen molar-refractivity contribution in [3.8, 4) is 0 Å². The minimum absolute atomic E-state index is 0.00891. The predicted octanol–water partition coefficient (Wildman–Crippen LogP) is 0.654. The predicted molar refractivity (Wildman–Crippen MR) is 57.1 cm³/mol. The fourth-order valence-corrected chi connectivity index (χ4v) is 3.03. The van der Waals surface area contributed by atoms with Crippen molar-refractivity contribution in [2.24, 2.45) is 0 Å². The van der Waals surface area contributed by atoms with E-state index >= 15 is 0 Å². The van der Waals surface area contributed by atoms with Crippen LogP contribution in [0.25, 0.3) is 5.57 Å². The lowest BCUT2D eigenvalue weighted by molar-refractivity contribution is 0.753. The van der Waals surface area contributed by atoms with Crippen molar-refractivity contribution in [1.29, 1.82) is 0 Å². The van der Waals surface area contributed by atoms with Gasteiger partial charge >= 0.3 is 0 Å². The first-order chi connectivity index (χ1) is 6.86. The number of fused-ring (bicyclic) bond motifs is 2. The molecule has 3 heterocycles. The Labute approximate surface area is 85.2 Å². The van der Waals surface area contributed by atoms with Crippen LogP contribution >= 0.6 is 11.8 Å². The van der Waals surface area contributed by atoms with E-state index in [4.69, 9.17) is 0 Å². The van der Waals surface area contributed by atoms with E-state index in [0.717, 1.165) is 23.4 Å². The topological polar surface area (TPSA) is 60.7 Å². The first-order valence-electron chi connectivity index (χ1n) is 4.70. The second-order valence-electron chi connectivity index (χ2n) is 3.55. The summed E-state index contributed by atoms with van der Waals surface area (Å²) in [5, 5.41) is 8.95. The lowest BCUT2D eigenvalue weighted by Gasteiger charge is -2.25.